The molecule has 0 spiro atoms. The Morgan fingerprint density at radius 2 is 1.86 bits per heavy atom. The van der Waals surface area contributed by atoms with Crippen LogP contribution < -0.4 is 5.32 Å². The molecular formula is C19H31NO. The predicted octanol–water partition coefficient (Wildman–Crippen LogP) is 4.40. The van der Waals surface area contributed by atoms with Crippen LogP contribution in [0.3, 0.4) is 0 Å². The van der Waals surface area contributed by atoms with Crippen LogP contribution in [0.2, 0.25) is 0 Å². The van der Waals surface area contributed by atoms with Crippen molar-refractivity contribution in [3.8, 4) is 0 Å². The summed E-state index contributed by atoms with van der Waals surface area (Å²) in [5.41, 5.74) is 4.25. The van der Waals surface area contributed by atoms with E-state index in [1.54, 1.807) is 0 Å². The number of hydrogen-bond acceptors (Lipinski definition) is 2. The van der Waals surface area contributed by atoms with E-state index in [9.17, 15) is 0 Å². The maximum atomic E-state index is 6.10. The van der Waals surface area contributed by atoms with Crippen LogP contribution in [0.15, 0.2) is 18.2 Å². The Kier molecular flexibility index (Phi) is 5.45. The SMILES string of the molecule is CCCNC(c1cccc(C)c1C)C1C(C)OC(C)C1C. The van der Waals surface area contributed by atoms with Crippen molar-refractivity contribution in [2.45, 2.75) is 66.2 Å². The molecule has 0 aromatic heterocycles. The smallest absolute Gasteiger partial charge is 0.0600 e. The zero-order valence-corrected chi connectivity index (χ0v) is 14.4. The lowest BCUT2D eigenvalue weighted by Crippen LogP contribution is -2.36. The predicted molar refractivity (Wildman–Crippen MR) is 89.6 cm³/mol. The molecule has 5 atom stereocenters. The zero-order chi connectivity index (χ0) is 15.6. The molecule has 1 N–H and O–H groups in total. The van der Waals surface area contributed by atoms with E-state index >= 15 is 0 Å². The van der Waals surface area contributed by atoms with Gasteiger partial charge in [-0.2, -0.15) is 0 Å². The first-order valence-corrected chi connectivity index (χ1v) is 8.42. The summed E-state index contributed by atoms with van der Waals surface area (Å²) >= 11 is 0. The lowest BCUT2D eigenvalue weighted by atomic mass is 9.79. The van der Waals surface area contributed by atoms with Gasteiger partial charge >= 0.3 is 0 Å². The molecule has 2 heteroatoms. The molecule has 1 aliphatic rings. The highest BCUT2D eigenvalue weighted by atomic mass is 16.5. The van der Waals surface area contributed by atoms with Crippen molar-refractivity contribution in [1.29, 1.82) is 0 Å². The summed E-state index contributed by atoms with van der Waals surface area (Å²) in [5.74, 6) is 1.11. The van der Waals surface area contributed by atoms with Crippen molar-refractivity contribution >= 4 is 0 Å². The van der Waals surface area contributed by atoms with Crippen LogP contribution in [-0.2, 0) is 4.74 Å². The third kappa shape index (κ3) is 3.32. The van der Waals surface area contributed by atoms with Crippen LogP contribution >= 0.6 is 0 Å². The average molecular weight is 289 g/mol. The summed E-state index contributed by atoms with van der Waals surface area (Å²) in [6.45, 7) is 14.5. The van der Waals surface area contributed by atoms with Gasteiger partial charge in [0.25, 0.3) is 0 Å². The van der Waals surface area contributed by atoms with Crippen LogP contribution in [-0.4, -0.2) is 18.8 Å². The molecule has 1 aromatic carbocycles. The topological polar surface area (TPSA) is 21.3 Å². The first-order valence-electron chi connectivity index (χ1n) is 8.42. The minimum absolute atomic E-state index is 0.310. The lowest BCUT2D eigenvalue weighted by molar-refractivity contribution is 0.0475. The Balaban J connectivity index is 2.36. The highest BCUT2D eigenvalue weighted by Crippen LogP contribution is 2.41. The number of aryl methyl sites for hydroxylation is 1. The Bertz CT molecular complexity index is 471. The van der Waals surface area contributed by atoms with Crippen LogP contribution in [0.1, 0.15) is 56.8 Å². The van der Waals surface area contributed by atoms with E-state index in [1.165, 1.54) is 16.7 Å². The fraction of sp³-hybridized carbons (Fsp3) is 0.684. The van der Waals surface area contributed by atoms with Crippen molar-refractivity contribution in [3.05, 3.63) is 34.9 Å². The Morgan fingerprint density at radius 1 is 1.14 bits per heavy atom. The molecule has 21 heavy (non-hydrogen) atoms. The van der Waals surface area contributed by atoms with E-state index in [0.29, 0.717) is 30.1 Å². The highest BCUT2D eigenvalue weighted by molar-refractivity contribution is 5.36. The van der Waals surface area contributed by atoms with Gasteiger partial charge in [0.05, 0.1) is 12.2 Å². The second-order valence-electron chi connectivity index (χ2n) is 6.70. The second-order valence-corrected chi connectivity index (χ2v) is 6.70. The molecule has 2 nitrogen and oxygen atoms in total. The molecule has 1 aromatic rings. The fourth-order valence-corrected chi connectivity index (χ4v) is 3.73. The first-order chi connectivity index (χ1) is 9.97. The lowest BCUT2D eigenvalue weighted by Gasteiger charge is -2.32. The van der Waals surface area contributed by atoms with E-state index < -0.39 is 0 Å². The molecule has 118 valence electrons. The van der Waals surface area contributed by atoms with E-state index in [4.69, 9.17) is 4.74 Å². The van der Waals surface area contributed by atoms with Crippen molar-refractivity contribution < 1.29 is 4.74 Å². The average Bonchev–Trinajstić information content (AvgIpc) is 2.69. The van der Waals surface area contributed by atoms with Crippen LogP contribution in [0.5, 0.6) is 0 Å². The number of nitrogens with one attached hydrogen (secondary N) is 1. The first kappa shape index (κ1) is 16.5. The molecule has 0 saturated carbocycles. The Hall–Kier alpha value is -0.860. The molecule has 0 amide bonds. The second kappa shape index (κ2) is 6.93. The largest absolute Gasteiger partial charge is 0.375 e. The van der Waals surface area contributed by atoms with Gasteiger partial charge in [0.2, 0.25) is 0 Å². The normalized spacial score (nSPS) is 30.6. The fourth-order valence-electron chi connectivity index (χ4n) is 3.73. The maximum Gasteiger partial charge on any atom is 0.0600 e. The molecule has 0 bridgehead atoms. The summed E-state index contributed by atoms with van der Waals surface area (Å²) in [6.07, 6.45) is 1.82. The van der Waals surface area contributed by atoms with Gasteiger partial charge in [0.1, 0.15) is 0 Å². The molecule has 1 aliphatic heterocycles. The summed E-state index contributed by atoms with van der Waals surface area (Å²) in [6, 6.07) is 7.07. The minimum atomic E-state index is 0.310. The zero-order valence-electron chi connectivity index (χ0n) is 14.4. The van der Waals surface area contributed by atoms with Crippen LogP contribution in [0, 0.1) is 25.7 Å². The molecule has 2 rings (SSSR count). The Morgan fingerprint density at radius 3 is 2.43 bits per heavy atom. The van der Waals surface area contributed by atoms with Crippen LogP contribution in [0.4, 0.5) is 0 Å². The maximum absolute atomic E-state index is 6.10. The molecule has 0 radical (unpaired) electrons. The molecule has 1 heterocycles. The van der Waals surface area contributed by atoms with Gasteiger partial charge in [-0.25, -0.2) is 0 Å². The number of rotatable bonds is 5. The molecule has 5 unspecified atom stereocenters. The van der Waals surface area contributed by atoms with E-state index in [2.05, 4.69) is 65.1 Å². The van der Waals surface area contributed by atoms with Crippen molar-refractivity contribution in [1.82, 2.24) is 5.32 Å². The van der Waals surface area contributed by atoms with Crippen molar-refractivity contribution in [2.24, 2.45) is 11.8 Å². The van der Waals surface area contributed by atoms with Gasteiger partial charge in [-0.1, -0.05) is 32.0 Å². The summed E-state index contributed by atoms with van der Waals surface area (Å²) in [7, 11) is 0. The van der Waals surface area contributed by atoms with Crippen molar-refractivity contribution in [3.63, 3.8) is 0 Å². The van der Waals surface area contributed by atoms with E-state index in [1.807, 2.05) is 0 Å². The third-order valence-electron chi connectivity index (χ3n) is 5.30. The molecule has 1 fully saturated rings. The van der Waals surface area contributed by atoms with E-state index in [0.717, 1.165) is 13.0 Å². The van der Waals surface area contributed by atoms with Gasteiger partial charge < -0.3 is 10.1 Å². The number of ether oxygens (including phenoxy) is 1. The summed E-state index contributed by atoms with van der Waals surface area (Å²) in [5, 5.41) is 3.80. The quantitative estimate of drug-likeness (QED) is 0.867. The van der Waals surface area contributed by atoms with Gasteiger partial charge in [-0.3, -0.25) is 0 Å². The van der Waals surface area contributed by atoms with Crippen molar-refractivity contribution in [2.75, 3.05) is 6.54 Å². The molecule has 0 aliphatic carbocycles. The minimum Gasteiger partial charge on any atom is -0.375 e. The van der Waals surface area contributed by atoms with Crippen LogP contribution in [0.25, 0.3) is 0 Å². The summed E-state index contributed by atoms with van der Waals surface area (Å²) in [4.78, 5) is 0. The highest BCUT2D eigenvalue weighted by Gasteiger charge is 2.42. The monoisotopic (exact) mass is 289 g/mol. The standard InChI is InChI=1S/C19H31NO/c1-7-11-20-19(17-10-8-9-12(2)13(17)3)18-14(4)15(5)21-16(18)6/h8-10,14-16,18-20H,7,11H2,1-6H3. The number of hydrogen-bond donors (Lipinski definition) is 1. The van der Waals surface area contributed by atoms with Gasteiger partial charge in [-0.15, -0.1) is 0 Å². The van der Waals surface area contributed by atoms with Gasteiger partial charge in [-0.05, 0) is 63.3 Å². The third-order valence-corrected chi connectivity index (χ3v) is 5.30. The van der Waals surface area contributed by atoms with Gasteiger partial charge in [0, 0.05) is 12.0 Å². The Labute approximate surface area is 130 Å². The van der Waals surface area contributed by atoms with E-state index in [-0.39, 0.29) is 0 Å². The number of benzene rings is 1. The van der Waals surface area contributed by atoms with Gasteiger partial charge in [0.15, 0.2) is 0 Å². The molecule has 1 saturated heterocycles. The molecular weight excluding hydrogens is 258 g/mol. The summed E-state index contributed by atoms with van der Waals surface area (Å²) < 4.78 is 6.10.